The van der Waals surface area contributed by atoms with Crippen molar-refractivity contribution < 1.29 is 9.26 Å². The van der Waals surface area contributed by atoms with Crippen molar-refractivity contribution in [2.24, 2.45) is 5.92 Å². The zero-order valence-corrected chi connectivity index (χ0v) is 13.4. The molecule has 2 fully saturated rings. The van der Waals surface area contributed by atoms with Gasteiger partial charge in [-0.1, -0.05) is 12.1 Å². The second kappa shape index (κ2) is 6.41. The van der Waals surface area contributed by atoms with Gasteiger partial charge < -0.3 is 14.6 Å². The monoisotopic (exact) mass is 317 g/mol. The summed E-state index contributed by atoms with van der Waals surface area (Å²) in [5, 5.41) is 12.0. The van der Waals surface area contributed by atoms with Crippen LogP contribution in [0.25, 0.3) is 0 Å². The lowest BCUT2D eigenvalue weighted by atomic mass is 10.1. The number of nitrogens with zero attached hydrogens (tertiary/aromatic N) is 4. The van der Waals surface area contributed by atoms with Crippen LogP contribution in [0.5, 0.6) is 0 Å². The Kier molecular flexibility index (Phi) is 4.13. The maximum absolute atomic E-state index is 5.98. The summed E-state index contributed by atoms with van der Waals surface area (Å²) in [6.45, 7) is 4.39. The summed E-state index contributed by atoms with van der Waals surface area (Å²) in [4.78, 5) is 4.34. The van der Waals surface area contributed by atoms with Crippen molar-refractivity contribution >= 4 is 0 Å². The van der Waals surface area contributed by atoms with Crippen LogP contribution >= 0.6 is 0 Å². The van der Waals surface area contributed by atoms with E-state index in [0.29, 0.717) is 18.3 Å². The molecule has 1 N–H and O–H groups in total. The molecule has 23 heavy (non-hydrogen) atoms. The van der Waals surface area contributed by atoms with Crippen molar-refractivity contribution in [3.8, 4) is 0 Å². The molecule has 1 saturated carbocycles. The van der Waals surface area contributed by atoms with Gasteiger partial charge >= 0.3 is 0 Å². The average molecular weight is 317 g/mol. The van der Waals surface area contributed by atoms with Crippen LogP contribution in [-0.2, 0) is 24.2 Å². The minimum absolute atomic E-state index is 0.0498. The van der Waals surface area contributed by atoms with Gasteiger partial charge in [-0.05, 0) is 31.2 Å². The number of nitrogens with one attached hydrogen (secondary N) is 1. The highest BCUT2D eigenvalue weighted by Crippen LogP contribution is 2.34. The average Bonchev–Trinajstić information content (AvgIpc) is 2.97. The molecule has 0 aromatic carbocycles. The Morgan fingerprint density at radius 3 is 3.04 bits per heavy atom. The summed E-state index contributed by atoms with van der Waals surface area (Å²) in [6, 6.07) is 2.34. The molecule has 7 heteroatoms. The van der Waals surface area contributed by atoms with Gasteiger partial charge in [-0.2, -0.15) is 10.1 Å². The first-order chi connectivity index (χ1) is 11.3. The number of hydrogen-bond acceptors (Lipinski definition) is 6. The quantitative estimate of drug-likeness (QED) is 0.840. The lowest BCUT2D eigenvalue weighted by Crippen LogP contribution is -2.32. The molecule has 7 nitrogen and oxygen atoms in total. The Hall–Kier alpha value is -1.73. The van der Waals surface area contributed by atoms with E-state index in [2.05, 4.69) is 31.3 Å². The second-order valence-corrected chi connectivity index (χ2v) is 6.41. The minimum atomic E-state index is 0.0498. The van der Waals surface area contributed by atoms with Gasteiger partial charge in [0, 0.05) is 31.8 Å². The Labute approximate surface area is 135 Å². The number of rotatable bonds is 7. The van der Waals surface area contributed by atoms with Gasteiger partial charge in [0.1, 0.15) is 6.10 Å². The summed E-state index contributed by atoms with van der Waals surface area (Å²) in [5.41, 5.74) is 1.18. The van der Waals surface area contributed by atoms with E-state index in [9.17, 15) is 0 Å². The van der Waals surface area contributed by atoms with Crippen molar-refractivity contribution in [3.05, 3.63) is 29.7 Å². The lowest BCUT2D eigenvalue weighted by molar-refractivity contribution is 0.0904. The predicted molar refractivity (Wildman–Crippen MR) is 82.6 cm³/mol. The summed E-state index contributed by atoms with van der Waals surface area (Å²) in [7, 11) is 0. The fourth-order valence-electron chi connectivity index (χ4n) is 3.10. The van der Waals surface area contributed by atoms with Gasteiger partial charge in [0.15, 0.2) is 5.82 Å². The Bertz CT molecular complexity index is 648. The van der Waals surface area contributed by atoms with E-state index in [-0.39, 0.29) is 12.1 Å². The van der Waals surface area contributed by atoms with Gasteiger partial charge in [0.05, 0.1) is 12.2 Å². The van der Waals surface area contributed by atoms with Crippen LogP contribution < -0.4 is 5.32 Å². The van der Waals surface area contributed by atoms with Crippen molar-refractivity contribution in [3.63, 3.8) is 0 Å². The van der Waals surface area contributed by atoms with Crippen LogP contribution in [-0.4, -0.2) is 32.6 Å². The molecule has 2 aliphatic rings. The van der Waals surface area contributed by atoms with Crippen molar-refractivity contribution in [2.45, 2.75) is 57.8 Å². The van der Waals surface area contributed by atoms with E-state index in [0.717, 1.165) is 31.9 Å². The van der Waals surface area contributed by atoms with Crippen LogP contribution in [0.15, 0.2) is 16.8 Å². The van der Waals surface area contributed by atoms with Gasteiger partial charge in [0.25, 0.3) is 0 Å². The highest BCUT2D eigenvalue weighted by atomic mass is 16.5. The van der Waals surface area contributed by atoms with E-state index in [4.69, 9.17) is 9.26 Å². The molecule has 0 bridgehead atoms. The normalized spacial score (nSPS) is 24.4. The number of ether oxygens (including phenoxy) is 1. The number of aryl methyl sites for hydroxylation is 1. The molecule has 0 amide bonds. The molecule has 0 spiro atoms. The molecule has 1 aliphatic carbocycles. The molecule has 1 saturated heterocycles. The van der Waals surface area contributed by atoms with Crippen LogP contribution in [0.2, 0.25) is 0 Å². The van der Waals surface area contributed by atoms with Gasteiger partial charge in [-0.3, -0.25) is 4.68 Å². The standard InChI is InChI=1S/C16H23N5O2/c1-2-15-19-14(20-23-15)9-17-12-6-8-22-16(12)13-5-7-18-21(13)10-11-3-4-11/h5,7,11-12,16-17H,2-4,6,8-10H2,1H3/t12-,16-/m0/s1. The second-order valence-electron chi connectivity index (χ2n) is 6.41. The maximum atomic E-state index is 5.98. The summed E-state index contributed by atoms with van der Waals surface area (Å²) in [5.74, 6) is 2.19. The maximum Gasteiger partial charge on any atom is 0.226 e. The van der Waals surface area contributed by atoms with Gasteiger partial charge in [-0.25, -0.2) is 0 Å². The topological polar surface area (TPSA) is 78.0 Å². The molecule has 1 aliphatic heterocycles. The molecule has 124 valence electrons. The van der Waals surface area contributed by atoms with Gasteiger partial charge in [-0.15, -0.1) is 0 Å². The van der Waals surface area contributed by atoms with Crippen LogP contribution in [0.3, 0.4) is 0 Å². The summed E-state index contributed by atoms with van der Waals surface area (Å²) in [6.07, 6.45) is 6.33. The van der Waals surface area contributed by atoms with Crippen LogP contribution in [0.1, 0.15) is 49.7 Å². The summed E-state index contributed by atoms with van der Waals surface area (Å²) >= 11 is 0. The predicted octanol–water partition coefficient (Wildman–Crippen LogP) is 1.86. The lowest BCUT2D eigenvalue weighted by Gasteiger charge is -2.20. The molecule has 0 radical (unpaired) electrons. The first-order valence-corrected chi connectivity index (χ1v) is 8.51. The zero-order valence-electron chi connectivity index (χ0n) is 13.4. The molecule has 4 rings (SSSR count). The SMILES string of the molecule is CCc1nc(CN[C@H]2CCO[C@@H]2c2ccnn2CC2CC2)no1. The Morgan fingerprint density at radius 1 is 1.35 bits per heavy atom. The van der Waals surface area contributed by atoms with Gasteiger partial charge in [0.2, 0.25) is 5.89 Å². The summed E-state index contributed by atoms with van der Waals surface area (Å²) < 4.78 is 13.2. The number of aromatic nitrogens is 4. The van der Waals surface area contributed by atoms with E-state index < -0.39 is 0 Å². The first kappa shape index (κ1) is 14.8. The first-order valence-electron chi connectivity index (χ1n) is 8.51. The molecule has 3 heterocycles. The Balaban J connectivity index is 1.41. The number of hydrogen-bond donors (Lipinski definition) is 1. The van der Waals surface area contributed by atoms with Crippen LogP contribution in [0.4, 0.5) is 0 Å². The highest BCUT2D eigenvalue weighted by Gasteiger charge is 2.33. The molecular formula is C16H23N5O2. The third kappa shape index (κ3) is 3.30. The molecule has 2 aromatic rings. The minimum Gasteiger partial charge on any atom is -0.370 e. The molecular weight excluding hydrogens is 294 g/mol. The van der Waals surface area contributed by atoms with E-state index >= 15 is 0 Å². The molecule has 2 atom stereocenters. The van der Waals surface area contributed by atoms with E-state index in [1.54, 1.807) is 0 Å². The van der Waals surface area contributed by atoms with E-state index in [1.165, 1.54) is 18.5 Å². The largest absolute Gasteiger partial charge is 0.370 e. The van der Waals surface area contributed by atoms with Crippen molar-refractivity contribution in [2.75, 3.05) is 6.61 Å². The molecule has 0 unspecified atom stereocenters. The van der Waals surface area contributed by atoms with Crippen molar-refractivity contribution in [1.29, 1.82) is 0 Å². The Morgan fingerprint density at radius 2 is 2.26 bits per heavy atom. The molecule has 2 aromatic heterocycles. The highest BCUT2D eigenvalue weighted by molar-refractivity contribution is 5.10. The van der Waals surface area contributed by atoms with E-state index in [1.807, 2.05) is 13.1 Å². The fraction of sp³-hybridized carbons (Fsp3) is 0.688. The smallest absolute Gasteiger partial charge is 0.226 e. The van der Waals surface area contributed by atoms with Crippen molar-refractivity contribution in [1.82, 2.24) is 25.2 Å². The van der Waals surface area contributed by atoms with Crippen LogP contribution in [0, 0.1) is 5.92 Å². The fourth-order valence-corrected chi connectivity index (χ4v) is 3.10. The third-order valence-corrected chi connectivity index (χ3v) is 4.60. The zero-order chi connectivity index (χ0) is 15.6. The third-order valence-electron chi connectivity index (χ3n) is 4.60.